The lowest BCUT2D eigenvalue weighted by Gasteiger charge is -2.23. The molecule has 0 radical (unpaired) electrons. The summed E-state index contributed by atoms with van der Waals surface area (Å²) in [5.41, 5.74) is -0.268. The van der Waals surface area contributed by atoms with Crippen molar-refractivity contribution in [3.8, 4) is 0 Å². The molecule has 0 bridgehead atoms. The van der Waals surface area contributed by atoms with Gasteiger partial charge in [-0.3, -0.25) is 0 Å². The Hall–Kier alpha value is -0.660. The highest BCUT2D eigenvalue weighted by molar-refractivity contribution is 4.88. The lowest BCUT2D eigenvalue weighted by atomic mass is 9.94. The molecule has 0 saturated carbocycles. The Bertz CT molecular complexity index is 172. The number of hydrogen-bond donors (Lipinski definition) is 0. The fourth-order valence-electron chi connectivity index (χ4n) is 1.34. The van der Waals surface area contributed by atoms with E-state index in [0.717, 1.165) is 12.8 Å². The first-order chi connectivity index (χ1) is 5.31. The van der Waals surface area contributed by atoms with E-state index in [0.29, 0.717) is 5.95 Å². The van der Waals surface area contributed by atoms with Crippen molar-refractivity contribution in [3.63, 3.8) is 0 Å². The zero-order chi connectivity index (χ0) is 9.41. The van der Waals surface area contributed by atoms with Crippen LogP contribution in [0.15, 0.2) is 12.5 Å². The van der Waals surface area contributed by atoms with Crippen molar-refractivity contribution >= 4 is 0 Å². The molecule has 0 unspecified atom stereocenters. The molecule has 1 heterocycles. The zero-order valence-electron chi connectivity index (χ0n) is 8.44. The Morgan fingerprint density at radius 3 is 1.67 bits per heavy atom. The molecule has 1 fully saturated rings. The summed E-state index contributed by atoms with van der Waals surface area (Å²) in [6, 6.07) is 0. The minimum Gasteiger partial charge on any atom is -0.460 e. The molecule has 1 rings (SSSR count). The van der Waals surface area contributed by atoms with Crippen LogP contribution in [0, 0.1) is 0 Å². The van der Waals surface area contributed by atoms with Gasteiger partial charge in [-0.05, 0) is 47.1 Å². The first-order valence-corrected chi connectivity index (χ1v) is 4.38. The standard InChI is InChI=1S/C10H18O2/c1-8-11-9(2,3)6-7-10(4,5)12-8/h1,6-7H2,2-5H3. The van der Waals surface area contributed by atoms with Crippen LogP contribution in [0.25, 0.3) is 0 Å². The largest absolute Gasteiger partial charge is 0.460 e. The molecule has 0 aromatic carbocycles. The van der Waals surface area contributed by atoms with Crippen LogP contribution < -0.4 is 0 Å². The van der Waals surface area contributed by atoms with E-state index in [9.17, 15) is 0 Å². The molecule has 70 valence electrons. The van der Waals surface area contributed by atoms with Gasteiger partial charge in [0.1, 0.15) is 11.2 Å². The van der Waals surface area contributed by atoms with Crippen LogP contribution in [0.5, 0.6) is 0 Å². The van der Waals surface area contributed by atoms with E-state index < -0.39 is 0 Å². The molecule has 2 heteroatoms. The smallest absolute Gasteiger partial charge is 0.272 e. The Balaban J connectivity index is 2.72. The van der Waals surface area contributed by atoms with E-state index >= 15 is 0 Å². The third kappa shape index (κ3) is 2.43. The first kappa shape index (κ1) is 9.43. The highest BCUT2D eigenvalue weighted by Gasteiger charge is 2.32. The fourth-order valence-corrected chi connectivity index (χ4v) is 1.34. The van der Waals surface area contributed by atoms with Gasteiger partial charge in [0.2, 0.25) is 0 Å². The van der Waals surface area contributed by atoms with E-state index in [4.69, 9.17) is 9.47 Å². The average molecular weight is 170 g/mol. The second-order valence-corrected chi connectivity index (χ2v) is 4.60. The number of rotatable bonds is 0. The second kappa shape index (κ2) is 2.68. The van der Waals surface area contributed by atoms with Crippen molar-refractivity contribution in [2.24, 2.45) is 0 Å². The van der Waals surface area contributed by atoms with Gasteiger partial charge < -0.3 is 9.47 Å². The third-order valence-electron chi connectivity index (χ3n) is 2.11. The molecule has 2 nitrogen and oxygen atoms in total. The Kier molecular flexibility index (Phi) is 2.11. The molecule has 0 aliphatic carbocycles. The average Bonchev–Trinajstić information content (AvgIpc) is 1.87. The first-order valence-electron chi connectivity index (χ1n) is 4.38. The maximum atomic E-state index is 5.52. The van der Waals surface area contributed by atoms with Gasteiger partial charge in [-0.25, -0.2) is 0 Å². The Morgan fingerprint density at radius 1 is 1.00 bits per heavy atom. The minimum atomic E-state index is -0.134. The monoisotopic (exact) mass is 170 g/mol. The van der Waals surface area contributed by atoms with Crippen LogP contribution in [-0.2, 0) is 9.47 Å². The molecule has 1 aliphatic heterocycles. The van der Waals surface area contributed by atoms with Crippen LogP contribution >= 0.6 is 0 Å². The quantitative estimate of drug-likeness (QED) is 0.556. The summed E-state index contributed by atoms with van der Waals surface area (Å²) in [6.07, 6.45) is 2.00. The number of hydrogen-bond acceptors (Lipinski definition) is 2. The van der Waals surface area contributed by atoms with Crippen LogP contribution in [0.1, 0.15) is 40.5 Å². The molecule has 0 spiro atoms. The van der Waals surface area contributed by atoms with Crippen molar-refractivity contribution in [2.45, 2.75) is 51.7 Å². The Morgan fingerprint density at radius 2 is 1.33 bits per heavy atom. The van der Waals surface area contributed by atoms with Gasteiger partial charge >= 0.3 is 0 Å². The highest BCUT2D eigenvalue weighted by atomic mass is 16.7. The molecule has 12 heavy (non-hydrogen) atoms. The van der Waals surface area contributed by atoms with Crippen LogP contribution in [0.4, 0.5) is 0 Å². The molecule has 0 aromatic heterocycles. The lowest BCUT2D eigenvalue weighted by molar-refractivity contribution is -0.0679. The molecule has 0 amide bonds. The highest BCUT2D eigenvalue weighted by Crippen LogP contribution is 2.32. The molecular weight excluding hydrogens is 152 g/mol. The van der Waals surface area contributed by atoms with Crippen molar-refractivity contribution in [3.05, 3.63) is 12.5 Å². The maximum absolute atomic E-state index is 5.52. The topological polar surface area (TPSA) is 18.5 Å². The van der Waals surface area contributed by atoms with E-state index in [-0.39, 0.29) is 11.2 Å². The molecular formula is C10H18O2. The molecule has 1 saturated heterocycles. The van der Waals surface area contributed by atoms with E-state index in [1.807, 2.05) is 0 Å². The van der Waals surface area contributed by atoms with Gasteiger partial charge in [0, 0.05) is 0 Å². The normalized spacial score (nSPS) is 26.8. The lowest BCUT2D eigenvalue weighted by Crippen LogP contribution is -2.23. The SMILES string of the molecule is C=C1OC(C)(C)CCC(C)(C)O1. The zero-order valence-corrected chi connectivity index (χ0v) is 8.44. The molecule has 1 aliphatic rings. The van der Waals surface area contributed by atoms with E-state index in [1.165, 1.54) is 0 Å². The van der Waals surface area contributed by atoms with Crippen molar-refractivity contribution in [1.82, 2.24) is 0 Å². The maximum Gasteiger partial charge on any atom is 0.272 e. The molecule has 0 aromatic rings. The van der Waals surface area contributed by atoms with Crippen molar-refractivity contribution in [1.29, 1.82) is 0 Å². The summed E-state index contributed by atoms with van der Waals surface area (Å²) in [6.45, 7) is 12.0. The van der Waals surface area contributed by atoms with Crippen molar-refractivity contribution < 1.29 is 9.47 Å². The van der Waals surface area contributed by atoms with Crippen LogP contribution in [0.3, 0.4) is 0 Å². The molecule has 0 N–H and O–H groups in total. The predicted octanol–water partition coefficient (Wildman–Crippen LogP) is 2.84. The van der Waals surface area contributed by atoms with Crippen LogP contribution in [0.2, 0.25) is 0 Å². The number of ether oxygens (including phenoxy) is 2. The predicted molar refractivity (Wildman–Crippen MR) is 48.7 cm³/mol. The minimum absolute atomic E-state index is 0.134. The summed E-state index contributed by atoms with van der Waals surface area (Å²) >= 11 is 0. The summed E-state index contributed by atoms with van der Waals surface area (Å²) in [7, 11) is 0. The van der Waals surface area contributed by atoms with Gasteiger partial charge in [-0.2, -0.15) is 0 Å². The third-order valence-corrected chi connectivity index (χ3v) is 2.11. The van der Waals surface area contributed by atoms with E-state index in [2.05, 4.69) is 34.3 Å². The van der Waals surface area contributed by atoms with E-state index in [1.54, 1.807) is 0 Å². The van der Waals surface area contributed by atoms with Gasteiger partial charge in [0.25, 0.3) is 5.95 Å². The fraction of sp³-hybridized carbons (Fsp3) is 0.800. The van der Waals surface area contributed by atoms with Crippen LogP contribution in [-0.4, -0.2) is 11.2 Å². The Labute approximate surface area is 74.6 Å². The summed E-state index contributed by atoms with van der Waals surface area (Å²) in [4.78, 5) is 0. The summed E-state index contributed by atoms with van der Waals surface area (Å²) in [5.74, 6) is 0.447. The van der Waals surface area contributed by atoms with Gasteiger partial charge in [-0.1, -0.05) is 0 Å². The second-order valence-electron chi connectivity index (χ2n) is 4.60. The van der Waals surface area contributed by atoms with Gasteiger partial charge in [0.05, 0.1) is 0 Å². The van der Waals surface area contributed by atoms with Gasteiger partial charge in [0.15, 0.2) is 0 Å². The summed E-state index contributed by atoms with van der Waals surface area (Å²) < 4.78 is 11.0. The summed E-state index contributed by atoms with van der Waals surface area (Å²) in [5, 5.41) is 0. The van der Waals surface area contributed by atoms with Crippen molar-refractivity contribution in [2.75, 3.05) is 0 Å². The molecule has 0 atom stereocenters. The van der Waals surface area contributed by atoms with Gasteiger partial charge in [-0.15, -0.1) is 0 Å².